The van der Waals surface area contributed by atoms with E-state index in [0.717, 1.165) is 0 Å². The predicted octanol–water partition coefficient (Wildman–Crippen LogP) is 0.938. The van der Waals surface area contributed by atoms with Crippen LogP contribution < -0.4 is 10.1 Å². The number of nitrogens with zero attached hydrogens (tertiary/aromatic N) is 3. The second-order valence-electron chi connectivity index (χ2n) is 3.63. The zero-order valence-corrected chi connectivity index (χ0v) is 10.7. The Kier molecular flexibility index (Phi) is 4.68. The summed E-state index contributed by atoms with van der Waals surface area (Å²) >= 11 is 5.92. The molecule has 1 heterocycles. The number of ether oxygens (including phenoxy) is 1. The van der Waals surface area contributed by atoms with Gasteiger partial charge in [-0.1, -0.05) is 28.9 Å². The molecule has 1 aromatic carbocycles. The number of para-hydroxylation sites is 1. The van der Waals surface area contributed by atoms with E-state index in [9.17, 15) is 4.79 Å². The minimum Gasteiger partial charge on any atom is -0.491 e. The molecule has 0 atom stereocenters. The second-order valence-corrected chi connectivity index (χ2v) is 4.04. The molecule has 0 saturated heterocycles. The Hall–Kier alpha value is -2.15. The van der Waals surface area contributed by atoms with Gasteiger partial charge in [-0.3, -0.25) is 4.79 Å². The van der Waals surface area contributed by atoms with E-state index in [1.807, 2.05) is 12.1 Å². The van der Waals surface area contributed by atoms with Gasteiger partial charge in [0.15, 0.2) is 5.82 Å². The Morgan fingerprint density at radius 2 is 2.26 bits per heavy atom. The van der Waals surface area contributed by atoms with Crippen molar-refractivity contribution in [2.24, 2.45) is 0 Å². The number of carbonyl (C=O) groups is 1. The van der Waals surface area contributed by atoms with Crippen molar-refractivity contribution in [1.82, 2.24) is 25.9 Å². The molecule has 2 rings (SSSR count). The van der Waals surface area contributed by atoms with Crippen LogP contribution in [0.3, 0.4) is 0 Å². The van der Waals surface area contributed by atoms with Crippen LogP contribution in [0.15, 0.2) is 24.3 Å². The number of tetrazole rings is 1. The zero-order chi connectivity index (χ0) is 13.5. The molecule has 2 N–H and O–H groups in total. The van der Waals surface area contributed by atoms with E-state index in [1.165, 1.54) is 0 Å². The molecule has 8 heteroatoms. The highest BCUT2D eigenvalue weighted by molar-refractivity contribution is 6.32. The number of hydrogen-bond acceptors (Lipinski definition) is 5. The topological polar surface area (TPSA) is 92.8 Å². The lowest BCUT2D eigenvalue weighted by molar-refractivity contribution is -0.121. The first kappa shape index (κ1) is 13.3. The van der Waals surface area contributed by atoms with Crippen LogP contribution in [0.1, 0.15) is 12.2 Å². The largest absolute Gasteiger partial charge is 0.491 e. The Morgan fingerprint density at radius 3 is 3.00 bits per heavy atom. The van der Waals surface area contributed by atoms with E-state index in [-0.39, 0.29) is 25.5 Å². The number of rotatable bonds is 6. The number of hydrogen-bond donors (Lipinski definition) is 2. The van der Waals surface area contributed by atoms with E-state index in [2.05, 4.69) is 25.9 Å². The van der Waals surface area contributed by atoms with Crippen molar-refractivity contribution in [2.45, 2.75) is 13.0 Å². The molecule has 1 amide bonds. The summed E-state index contributed by atoms with van der Waals surface area (Å²) in [5.74, 6) is 0.840. The van der Waals surface area contributed by atoms with Crippen molar-refractivity contribution in [3.05, 3.63) is 35.1 Å². The maximum absolute atomic E-state index is 11.5. The highest BCUT2D eigenvalue weighted by atomic mass is 35.5. The SMILES string of the molecule is O=C(CCOc1ccccc1Cl)NCc1nn[nH]n1. The minimum absolute atomic E-state index is 0.156. The van der Waals surface area contributed by atoms with Crippen LogP contribution in [0.4, 0.5) is 0 Å². The third-order valence-electron chi connectivity index (χ3n) is 2.26. The standard InChI is InChI=1S/C11H12ClN5O2/c12-8-3-1-2-4-9(8)19-6-5-11(18)13-7-10-14-16-17-15-10/h1-4H,5-7H2,(H,13,18)(H,14,15,16,17). The fourth-order valence-electron chi connectivity index (χ4n) is 1.34. The first-order valence-corrected chi connectivity index (χ1v) is 6.00. The summed E-state index contributed by atoms with van der Waals surface area (Å²) in [6.45, 7) is 0.489. The van der Waals surface area contributed by atoms with Gasteiger partial charge < -0.3 is 10.1 Å². The molecule has 19 heavy (non-hydrogen) atoms. The van der Waals surface area contributed by atoms with Crippen LogP contribution in [0.2, 0.25) is 5.02 Å². The maximum atomic E-state index is 11.5. The third kappa shape index (κ3) is 4.22. The van der Waals surface area contributed by atoms with Crippen molar-refractivity contribution in [3.8, 4) is 5.75 Å². The summed E-state index contributed by atoms with van der Waals surface area (Å²) in [6, 6.07) is 7.11. The third-order valence-corrected chi connectivity index (χ3v) is 2.57. The number of amides is 1. The lowest BCUT2D eigenvalue weighted by Crippen LogP contribution is -2.25. The normalized spacial score (nSPS) is 10.2. The molecule has 0 unspecified atom stereocenters. The molecule has 100 valence electrons. The molecule has 0 saturated carbocycles. The van der Waals surface area contributed by atoms with Crippen LogP contribution >= 0.6 is 11.6 Å². The summed E-state index contributed by atoms with van der Waals surface area (Å²) < 4.78 is 5.40. The Morgan fingerprint density at radius 1 is 1.42 bits per heavy atom. The smallest absolute Gasteiger partial charge is 0.223 e. The van der Waals surface area contributed by atoms with Crippen LogP contribution in [0, 0.1) is 0 Å². The van der Waals surface area contributed by atoms with Crippen LogP contribution in [-0.4, -0.2) is 33.1 Å². The van der Waals surface area contributed by atoms with Gasteiger partial charge in [-0.2, -0.15) is 5.21 Å². The summed E-state index contributed by atoms with van der Waals surface area (Å²) in [7, 11) is 0. The lowest BCUT2D eigenvalue weighted by Gasteiger charge is -2.07. The van der Waals surface area contributed by atoms with E-state index in [1.54, 1.807) is 12.1 Å². The summed E-state index contributed by atoms with van der Waals surface area (Å²) in [4.78, 5) is 11.5. The van der Waals surface area contributed by atoms with Crippen molar-refractivity contribution in [1.29, 1.82) is 0 Å². The average Bonchev–Trinajstić information content (AvgIpc) is 2.92. The number of aromatic nitrogens is 4. The highest BCUT2D eigenvalue weighted by Gasteiger charge is 2.05. The lowest BCUT2D eigenvalue weighted by atomic mass is 10.3. The molecule has 1 aromatic heterocycles. The average molecular weight is 282 g/mol. The van der Waals surface area contributed by atoms with Crippen molar-refractivity contribution in [2.75, 3.05) is 6.61 Å². The Labute approximate surface area is 114 Å². The maximum Gasteiger partial charge on any atom is 0.223 e. The van der Waals surface area contributed by atoms with Crippen LogP contribution in [0.5, 0.6) is 5.75 Å². The summed E-state index contributed by atoms with van der Waals surface area (Å²) in [5.41, 5.74) is 0. The van der Waals surface area contributed by atoms with Crippen molar-refractivity contribution < 1.29 is 9.53 Å². The number of H-pyrrole nitrogens is 1. The van der Waals surface area contributed by atoms with Gasteiger partial charge in [-0.15, -0.1) is 10.2 Å². The van der Waals surface area contributed by atoms with E-state index < -0.39 is 0 Å². The number of aromatic amines is 1. The Balaban J connectivity index is 1.68. The van der Waals surface area contributed by atoms with E-state index in [4.69, 9.17) is 16.3 Å². The monoisotopic (exact) mass is 281 g/mol. The molecular weight excluding hydrogens is 270 g/mol. The molecule has 0 spiro atoms. The van der Waals surface area contributed by atoms with Crippen LogP contribution in [-0.2, 0) is 11.3 Å². The molecule has 7 nitrogen and oxygen atoms in total. The Bertz CT molecular complexity index is 532. The molecule has 2 aromatic rings. The second kappa shape index (κ2) is 6.69. The van der Waals surface area contributed by atoms with Crippen molar-refractivity contribution in [3.63, 3.8) is 0 Å². The van der Waals surface area contributed by atoms with Crippen LogP contribution in [0.25, 0.3) is 0 Å². The predicted molar refractivity (Wildman–Crippen MR) is 67.6 cm³/mol. The van der Waals surface area contributed by atoms with Gasteiger partial charge in [-0.25, -0.2) is 0 Å². The number of carbonyl (C=O) groups excluding carboxylic acids is 1. The first-order chi connectivity index (χ1) is 9.25. The van der Waals surface area contributed by atoms with Gasteiger partial charge in [0.25, 0.3) is 0 Å². The first-order valence-electron chi connectivity index (χ1n) is 5.62. The number of nitrogens with one attached hydrogen (secondary N) is 2. The molecule has 0 bridgehead atoms. The fourth-order valence-corrected chi connectivity index (χ4v) is 1.53. The van der Waals surface area contributed by atoms with Gasteiger partial charge >= 0.3 is 0 Å². The quantitative estimate of drug-likeness (QED) is 0.822. The highest BCUT2D eigenvalue weighted by Crippen LogP contribution is 2.22. The molecule has 0 aliphatic carbocycles. The molecule has 0 radical (unpaired) electrons. The summed E-state index contributed by atoms with van der Waals surface area (Å²) in [5, 5.41) is 16.3. The van der Waals surface area contributed by atoms with Gasteiger partial charge in [0.05, 0.1) is 24.6 Å². The van der Waals surface area contributed by atoms with Gasteiger partial charge in [-0.05, 0) is 12.1 Å². The molecule has 0 aliphatic heterocycles. The van der Waals surface area contributed by atoms with E-state index >= 15 is 0 Å². The minimum atomic E-state index is -0.156. The number of halogens is 1. The molecule has 0 aliphatic rings. The number of benzene rings is 1. The van der Waals surface area contributed by atoms with Crippen molar-refractivity contribution >= 4 is 17.5 Å². The van der Waals surface area contributed by atoms with Gasteiger partial charge in [0, 0.05) is 0 Å². The van der Waals surface area contributed by atoms with E-state index in [0.29, 0.717) is 16.6 Å². The molecule has 0 fully saturated rings. The molecular formula is C11H12ClN5O2. The fraction of sp³-hybridized carbons (Fsp3) is 0.273. The zero-order valence-electron chi connectivity index (χ0n) is 9.97. The van der Waals surface area contributed by atoms with Gasteiger partial charge in [0.1, 0.15) is 5.75 Å². The van der Waals surface area contributed by atoms with Gasteiger partial charge in [0.2, 0.25) is 5.91 Å². The summed E-state index contributed by atoms with van der Waals surface area (Å²) in [6.07, 6.45) is 0.225.